The van der Waals surface area contributed by atoms with Crippen molar-refractivity contribution in [3.63, 3.8) is 0 Å². The number of amides is 1. The number of hydrogen-bond donors (Lipinski definition) is 1. The van der Waals surface area contributed by atoms with E-state index in [1.54, 1.807) is 18.2 Å². The van der Waals surface area contributed by atoms with Crippen LogP contribution in [0.2, 0.25) is 5.02 Å². The summed E-state index contributed by atoms with van der Waals surface area (Å²) in [6.07, 6.45) is 2.72. The second-order valence-electron chi connectivity index (χ2n) is 5.23. The van der Waals surface area contributed by atoms with Crippen LogP contribution in [0.1, 0.15) is 5.56 Å². The Morgan fingerprint density at radius 1 is 1.19 bits per heavy atom. The first-order chi connectivity index (χ1) is 12.5. The maximum absolute atomic E-state index is 12.9. The normalized spacial score (nSPS) is 12.2. The number of hydrogen-bond acceptors (Lipinski definition) is 5. The minimum atomic E-state index is -0.692. The fourth-order valence-corrected chi connectivity index (χ4v) is 2.36. The number of carbonyl (C=O) groups excluding carboxylic acids is 2. The van der Waals surface area contributed by atoms with Crippen LogP contribution in [0.3, 0.4) is 0 Å². The zero-order valence-electron chi connectivity index (χ0n) is 13.3. The average Bonchev–Trinajstić information content (AvgIpc) is 3.08. The number of esters is 1. The molecule has 0 radical (unpaired) electrons. The van der Waals surface area contributed by atoms with Crippen molar-refractivity contribution in [3.8, 4) is 11.5 Å². The molecule has 1 aliphatic rings. The van der Waals surface area contributed by atoms with Gasteiger partial charge in [0.25, 0.3) is 5.91 Å². The molecule has 3 rings (SSSR count). The van der Waals surface area contributed by atoms with Crippen LogP contribution in [0.4, 0.5) is 10.1 Å². The molecule has 0 aromatic heterocycles. The van der Waals surface area contributed by atoms with Crippen molar-refractivity contribution < 1.29 is 28.2 Å². The van der Waals surface area contributed by atoms with Gasteiger partial charge in [0.1, 0.15) is 5.82 Å². The summed E-state index contributed by atoms with van der Waals surface area (Å²) in [5.41, 5.74) is 0.943. The maximum atomic E-state index is 12.9. The summed E-state index contributed by atoms with van der Waals surface area (Å²) in [6, 6.07) is 8.74. The average molecular weight is 378 g/mol. The van der Waals surface area contributed by atoms with E-state index < -0.39 is 24.3 Å². The second kappa shape index (κ2) is 7.88. The van der Waals surface area contributed by atoms with Crippen LogP contribution >= 0.6 is 11.6 Å². The fraction of sp³-hybridized carbons (Fsp3) is 0.111. The highest BCUT2D eigenvalue weighted by Gasteiger charge is 2.12. The van der Waals surface area contributed by atoms with E-state index in [9.17, 15) is 14.0 Å². The molecule has 1 aliphatic heterocycles. The zero-order valence-corrected chi connectivity index (χ0v) is 14.1. The highest BCUT2D eigenvalue weighted by Crippen LogP contribution is 2.32. The molecule has 1 amide bonds. The predicted molar refractivity (Wildman–Crippen MR) is 92.6 cm³/mol. The van der Waals surface area contributed by atoms with Crippen LogP contribution in [-0.2, 0) is 14.3 Å². The van der Waals surface area contributed by atoms with Crippen molar-refractivity contribution in [2.75, 3.05) is 18.7 Å². The topological polar surface area (TPSA) is 73.9 Å². The number of rotatable bonds is 5. The smallest absolute Gasteiger partial charge is 0.331 e. The minimum absolute atomic E-state index is 0.0485. The number of nitrogens with one attached hydrogen (secondary N) is 1. The molecule has 0 aliphatic carbocycles. The third kappa shape index (κ3) is 4.52. The van der Waals surface area contributed by atoms with Crippen molar-refractivity contribution in [3.05, 3.63) is 58.9 Å². The van der Waals surface area contributed by atoms with Crippen LogP contribution in [0.25, 0.3) is 6.08 Å². The van der Waals surface area contributed by atoms with Crippen molar-refractivity contribution in [1.29, 1.82) is 0 Å². The van der Waals surface area contributed by atoms with E-state index in [1.807, 2.05) is 0 Å². The number of benzene rings is 2. The Bertz CT molecular complexity index is 884. The van der Waals surface area contributed by atoms with Crippen LogP contribution in [0, 0.1) is 5.82 Å². The van der Waals surface area contributed by atoms with E-state index in [-0.39, 0.29) is 17.5 Å². The lowest BCUT2D eigenvalue weighted by atomic mass is 10.2. The standard InChI is InChI=1S/C18H13ClFNO5/c19-13-8-12(20)3-4-14(13)21-17(22)9-24-18(23)6-2-11-1-5-15-16(7-11)26-10-25-15/h1-8H,9-10H2,(H,21,22). The largest absolute Gasteiger partial charge is 0.454 e. The van der Waals surface area contributed by atoms with E-state index in [1.165, 1.54) is 18.2 Å². The molecule has 0 fully saturated rings. The summed E-state index contributed by atoms with van der Waals surface area (Å²) in [7, 11) is 0. The Morgan fingerprint density at radius 3 is 2.81 bits per heavy atom. The Hall–Kier alpha value is -3.06. The van der Waals surface area contributed by atoms with Crippen molar-refractivity contribution in [1.82, 2.24) is 0 Å². The number of anilines is 1. The Morgan fingerprint density at radius 2 is 2.00 bits per heavy atom. The van der Waals surface area contributed by atoms with Gasteiger partial charge in [0.05, 0.1) is 10.7 Å². The van der Waals surface area contributed by atoms with E-state index in [0.29, 0.717) is 17.1 Å². The molecule has 0 spiro atoms. The molecule has 0 bridgehead atoms. The molecule has 2 aromatic rings. The van der Waals surface area contributed by atoms with Gasteiger partial charge in [-0.05, 0) is 42.0 Å². The lowest BCUT2D eigenvalue weighted by molar-refractivity contribution is -0.142. The molecule has 0 unspecified atom stereocenters. The minimum Gasteiger partial charge on any atom is -0.454 e. The predicted octanol–water partition coefficient (Wildman–Crippen LogP) is 3.40. The summed E-state index contributed by atoms with van der Waals surface area (Å²) in [4.78, 5) is 23.5. The van der Waals surface area contributed by atoms with Gasteiger partial charge in [-0.3, -0.25) is 4.79 Å². The summed E-state index contributed by atoms with van der Waals surface area (Å²) in [5.74, 6) is -0.573. The summed E-state index contributed by atoms with van der Waals surface area (Å²) in [5, 5.41) is 2.47. The van der Waals surface area contributed by atoms with Crippen LogP contribution in [-0.4, -0.2) is 25.3 Å². The molecular weight excluding hydrogens is 365 g/mol. The highest BCUT2D eigenvalue weighted by atomic mass is 35.5. The molecular formula is C18H13ClFNO5. The summed E-state index contributed by atoms with van der Waals surface area (Å²) < 4.78 is 28.2. The van der Waals surface area contributed by atoms with Crippen LogP contribution in [0.5, 0.6) is 11.5 Å². The number of ether oxygens (including phenoxy) is 3. The van der Waals surface area contributed by atoms with Gasteiger partial charge in [-0.15, -0.1) is 0 Å². The first-order valence-corrected chi connectivity index (χ1v) is 7.88. The maximum Gasteiger partial charge on any atom is 0.331 e. The van der Waals surface area contributed by atoms with Gasteiger partial charge in [-0.25, -0.2) is 9.18 Å². The number of halogens is 2. The third-order valence-electron chi connectivity index (χ3n) is 3.36. The number of fused-ring (bicyclic) bond motifs is 1. The summed E-state index contributed by atoms with van der Waals surface area (Å²) >= 11 is 5.80. The molecule has 26 heavy (non-hydrogen) atoms. The second-order valence-corrected chi connectivity index (χ2v) is 5.63. The van der Waals surface area contributed by atoms with Gasteiger partial charge < -0.3 is 19.5 Å². The van der Waals surface area contributed by atoms with Gasteiger partial charge >= 0.3 is 5.97 Å². The Labute approximate surface area is 153 Å². The molecule has 134 valence electrons. The fourth-order valence-electron chi connectivity index (χ4n) is 2.14. The molecule has 1 N–H and O–H groups in total. The van der Waals surface area contributed by atoms with Crippen molar-refractivity contribution in [2.24, 2.45) is 0 Å². The highest BCUT2D eigenvalue weighted by molar-refractivity contribution is 6.33. The van der Waals surface area contributed by atoms with E-state index in [4.69, 9.17) is 25.8 Å². The van der Waals surface area contributed by atoms with Gasteiger partial charge in [-0.1, -0.05) is 17.7 Å². The molecule has 2 aromatic carbocycles. The quantitative estimate of drug-likeness (QED) is 0.638. The van der Waals surface area contributed by atoms with Gasteiger partial charge in [0.15, 0.2) is 18.1 Å². The van der Waals surface area contributed by atoms with Crippen LogP contribution in [0.15, 0.2) is 42.5 Å². The van der Waals surface area contributed by atoms with E-state index in [0.717, 1.165) is 12.1 Å². The molecule has 0 saturated carbocycles. The van der Waals surface area contributed by atoms with E-state index in [2.05, 4.69) is 5.32 Å². The van der Waals surface area contributed by atoms with Gasteiger partial charge in [-0.2, -0.15) is 0 Å². The Balaban J connectivity index is 1.49. The van der Waals surface area contributed by atoms with Crippen molar-refractivity contribution >= 4 is 35.2 Å². The molecule has 0 atom stereocenters. The van der Waals surface area contributed by atoms with Gasteiger partial charge in [0, 0.05) is 6.08 Å². The first kappa shape index (κ1) is 17.8. The molecule has 1 heterocycles. The molecule has 8 heteroatoms. The monoisotopic (exact) mass is 377 g/mol. The third-order valence-corrected chi connectivity index (χ3v) is 3.67. The SMILES string of the molecule is O=C(COC(=O)C=Cc1ccc2c(c1)OCO2)Nc1ccc(F)cc1Cl. The Kier molecular flexibility index (Phi) is 5.38. The lowest BCUT2D eigenvalue weighted by Gasteiger charge is -2.07. The summed E-state index contributed by atoms with van der Waals surface area (Å²) in [6.45, 7) is -0.338. The van der Waals surface area contributed by atoms with E-state index >= 15 is 0 Å². The first-order valence-electron chi connectivity index (χ1n) is 7.50. The molecule has 0 saturated heterocycles. The number of carbonyl (C=O) groups is 2. The van der Waals surface area contributed by atoms with Gasteiger partial charge in [0.2, 0.25) is 6.79 Å². The van der Waals surface area contributed by atoms with Crippen LogP contribution < -0.4 is 14.8 Å². The zero-order chi connectivity index (χ0) is 18.5. The lowest BCUT2D eigenvalue weighted by Crippen LogP contribution is -2.20. The van der Waals surface area contributed by atoms with Crippen molar-refractivity contribution in [2.45, 2.75) is 0 Å². The molecule has 6 nitrogen and oxygen atoms in total.